The van der Waals surface area contributed by atoms with Gasteiger partial charge in [0.25, 0.3) is 0 Å². The number of carbonyl (C=O) groups is 1. The molecule has 0 radical (unpaired) electrons. The summed E-state index contributed by atoms with van der Waals surface area (Å²) in [7, 11) is 0. The Morgan fingerprint density at radius 3 is 2.44 bits per heavy atom. The zero-order chi connectivity index (χ0) is 18.6. The molecule has 0 fully saturated rings. The first-order valence-electron chi connectivity index (χ1n) is 9.41. The third-order valence-corrected chi connectivity index (χ3v) is 4.77. The molecule has 0 saturated carbocycles. The number of rotatable bonds is 6. The fourth-order valence-corrected chi connectivity index (χ4v) is 3.39. The number of unbranched alkanes of at least 4 members (excludes halogenated alkanes) is 2. The minimum Gasteiger partial charge on any atom is -0.462 e. The third-order valence-electron chi connectivity index (χ3n) is 4.77. The number of ether oxygens (including phenoxy) is 1. The number of aromatic nitrogens is 1. The molecule has 0 unspecified atom stereocenters. The quantitative estimate of drug-likeness (QED) is 0.355. The van der Waals surface area contributed by atoms with Gasteiger partial charge in [0.2, 0.25) is 0 Å². The molecule has 2 aromatic carbocycles. The summed E-state index contributed by atoms with van der Waals surface area (Å²) in [5, 5.41) is 4.76. The van der Waals surface area contributed by atoms with Gasteiger partial charge in [-0.2, -0.15) is 5.10 Å². The average Bonchev–Trinajstić information content (AvgIpc) is 3.32. The first-order chi connectivity index (χ1) is 13.3. The second-order valence-electron chi connectivity index (χ2n) is 6.66. The Kier molecular flexibility index (Phi) is 4.88. The highest BCUT2D eigenvalue weighted by molar-refractivity contribution is 6.24. The molecule has 0 atom stereocenters. The molecule has 1 aliphatic rings. The van der Waals surface area contributed by atoms with Crippen molar-refractivity contribution in [1.29, 1.82) is 0 Å². The van der Waals surface area contributed by atoms with Gasteiger partial charge < -0.3 is 4.74 Å². The van der Waals surface area contributed by atoms with Gasteiger partial charge in [-0.3, -0.25) is 0 Å². The zero-order valence-electron chi connectivity index (χ0n) is 15.4. The van der Waals surface area contributed by atoms with E-state index in [4.69, 9.17) is 9.84 Å². The van der Waals surface area contributed by atoms with Crippen molar-refractivity contribution in [2.24, 2.45) is 5.10 Å². The van der Waals surface area contributed by atoms with Crippen LogP contribution in [0, 0.1) is 0 Å². The molecule has 0 saturated heterocycles. The van der Waals surface area contributed by atoms with Crippen LogP contribution in [0.3, 0.4) is 0 Å². The average molecular weight is 358 g/mol. The van der Waals surface area contributed by atoms with Crippen molar-refractivity contribution in [3.05, 3.63) is 83.7 Å². The largest absolute Gasteiger partial charge is 0.462 e. The Morgan fingerprint density at radius 1 is 0.926 bits per heavy atom. The molecular weight excluding hydrogens is 336 g/mol. The van der Waals surface area contributed by atoms with Crippen LogP contribution < -0.4 is 0 Å². The highest BCUT2D eigenvalue weighted by atomic mass is 16.5. The fraction of sp³-hybridized carbons (Fsp3) is 0.217. The van der Waals surface area contributed by atoms with Crippen LogP contribution >= 0.6 is 0 Å². The number of carbonyl (C=O) groups excluding carboxylic acids is 1. The number of hydrogen-bond acceptors (Lipinski definition) is 3. The number of esters is 1. The highest BCUT2D eigenvalue weighted by Gasteiger charge is 2.26. The van der Waals surface area contributed by atoms with Crippen LogP contribution in [0.2, 0.25) is 0 Å². The summed E-state index contributed by atoms with van der Waals surface area (Å²) in [5.74, 6) is -0.262. The van der Waals surface area contributed by atoms with Gasteiger partial charge in [-0.1, -0.05) is 50.1 Å². The molecule has 1 aromatic heterocycles. The van der Waals surface area contributed by atoms with E-state index >= 15 is 0 Å². The predicted octanol–water partition coefficient (Wildman–Crippen LogP) is 5.12. The summed E-state index contributed by atoms with van der Waals surface area (Å²) in [6.07, 6.45) is 6.91. The molecule has 4 heteroatoms. The van der Waals surface area contributed by atoms with Gasteiger partial charge in [0.15, 0.2) is 0 Å². The number of nitrogens with zero attached hydrogens (tertiary/aromatic N) is 2. The number of hydrogen-bond donors (Lipinski definition) is 0. The van der Waals surface area contributed by atoms with Crippen LogP contribution in [-0.4, -0.2) is 23.0 Å². The molecule has 27 heavy (non-hydrogen) atoms. The van der Waals surface area contributed by atoms with E-state index in [0.29, 0.717) is 12.2 Å². The molecule has 0 bridgehead atoms. The fourth-order valence-electron chi connectivity index (χ4n) is 3.39. The third kappa shape index (κ3) is 3.43. The Bertz CT molecular complexity index is 987. The van der Waals surface area contributed by atoms with Crippen LogP contribution in [0.5, 0.6) is 0 Å². The molecule has 136 valence electrons. The van der Waals surface area contributed by atoms with E-state index in [1.807, 2.05) is 54.9 Å². The monoisotopic (exact) mass is 358 g/mol. The van der Waals surface area contributed by atoms with E-state index in [1.165, 1.54) is 0 Å². The standard InChI is InChI=1S/C23H22N2O2/c1-2-3-8-15-27-23(26)17-11-12-20-21(16-17)18-9-4-5-10-19(18)22(20)24-25-13-6-7-14-25/h4-7,9-14,16H,2-3,8,15H2,1H3/b24-22-. The van der Waals surface area contributed by atoms with E-state index in [-0.39, 0.29) is 5.97 Å². The van der Waals surface area contributed by atoms with E-state index in [9.17, 15) is 4.79 Å². The van der Waals surface area contributed by atoms with Gasteiger partial charge in [-0.15, -0.1) is 0 Å². The van der Waals surface area contributed by atoms with Gasteiger partial charge in [0.05, 0.1) is 17.9 Å². The predicted molar refractivity (Wildman–Crippen MR) is 107 cm³/mol. The topological polar surface area (TPSA) is 43.6 Å². The van der Waals surface area contributed by atoms with Crippen LogP contribution in [0.15, 0.2) is 72.1 Å². The zero-order valence-corrected chi connectivity index (χ0v) is 15.4. The minimum absolute atomic E-state index is 0.262. The molecule has 3 aromatic rings. The Labute approximate surface area is 159 Å². The normalized spacial score (nSPS) is 13.4. The molecule has 0 spiro atoms. The van der Waals surface area contributed by atoms with Gasteiger partial charge in [-0.25, -0.2) is 9.47 Å². The Morgan fingerprint density at radius 2 is 1.67 bits per heavy atom. The molecular formula is C23H22N2O2. The molecule has 1 aliphatic carbocycles. The van der Waals surface area contributed by atoms with E-state index in [1.54, 1.807) is 4.68 Å². The van der Waals surface area contributed by atoms with E-state index < -0.39 is 0 Å². The van der Waals surface area contributed by atoms with Gasteiger partial charge >= 0.3 is 5.97 Å². The Balaban J connectivity index is 1.68. The lowest BCUT2D eigenvalue weighted by Gasteiger charge is -2.07. The second kappa shape index (κ2) is 7.62. The highest BCUT2D eigenvalue weighted by Crippen LogP contribution is 2.37. The van der Waals surface area contributed by atoms with Gasteiger partial charge in [-0.05, 0) is 41.8 Å². The molecule has 0 N–H and O–H groups in total. The minimum atomic E-state index is -0.262. The van der Waals surface area contributed by atoms with Crippen molar-refractivity contribution in [3.63, 3.8) is 0 Å². The van der Waals surface area contributed by atoms with Gasteiger partial charge in [0, 0.05) is 23.5 Å². The molecule has 1 heterocycles. The summed E-state index contributed by atoms with van der Waals surface area (Å²) < 4.78 is 7.22. The van der Waals surface area contributed by atoms with Crippen molar-refractivity contribution in [1.82, 2.24) is 4.68 Å². The summed E-state index contributed by atoms with van der Waals surface area (Å²) in [4.78, 5) is 12.4. The first kappa shape index (κ1) is 17.3. The lowest BCUT2D eigenvalue weighted by molar-refractivity contribution is 0.0498. The van der Waals surface area contributed by atoms with Crippen LogP contribution in [0.1, 0.15) is 47.7 Å². The van der Waals surface area contributed by atoms with Crippen molar-refractivity contribution in [2.45, 2.75) is 26.2 Å². The van der Waals surface area contributed by atoms with Crippen LogP contribution in [0.25, 0.3) is 11.1 Å². The van der Waals surface area contributed by atoms with Crippen molar-refractivity contribution >= 4 is 11.7 Å². The maximum absolute atomic E-state index is 12.4. The van der Waals surface area contributed by atoms with Crippen molar-refractivity contribution < 1.29 is 9.53 Å². The molecule has 0 amide bonds. The summed E-state index contributed by atoms with van der Waals surface area (Å²) in [6.45, 7) is 2.60. The number of fused-ring (bicyclic) bond motifs is 3. The molecule has 4 nitrogen and oxygen atoms in total. The summed E-state index contributed by atoms with van der Waals surface area (Å²) in [6, 6.07) is 17.8. The smallest absolute Gasteiger partial charge is 0.338 e. The van der Waals surface area contributed by atoms with E-state index in [0.717, 1.165) is 47.2 Å². The van der Waals surface area contributed by atoms with Gasteiger partial charge in [0.1, 0.15) is 0 Å². The summed E-state index contributed by atoms with van der Waals surface area (Å²) >= 11 is 0. The second-order valence-corrected chi connectivity index (χ2v) is 6.66. The first-order valence-corrected chi connectivity index (χ1v) is 9.41. The molecule has 0 aliphatic heterocycles. The van der Waals surface area contributed by atoms with Crippen molar-refractivity contribution in [3.8, 4) is 11.1 Å². The van der Waals surface area contributed by atoms with Crippen LogP contribution in [-0.2, 0) is 4.74 Å². The van der Waals surface area contributed by atoms with Crippen LogP contribution in [0.4, 0.5) is 0 Å². The van der Waals surface area contributed by atoms with Crippen molar-refractivity contribution in [2.75, 3.05) is 6.61 Å². The van der Waals surface area contributed by atoms with E-state index in [2.05, 4.69) is 19.1 Å². The maximum atomic E-state index is 12.4. The Hall–Kier alpha value is -3.14. The summed E-state index contributed by atoms with van der Waals surface area (Å²) in [5.41, 5.74) is 5.74. The SMILES string of the molecule is CCCCCOC(=O)c1ccc2c(c1)-c1ccccc1/C2=N/n1cccc1. The maximum Gasteiger partial charge on any atom is 0.338 e. The lowest BCUT2D eigenvalue weighted by Crippen LogP contribution is -2.07. The number of benzene rings is 2. The lowest BCUT2D eigenvalue weighted by atomic mass is 10.0. The molecule has 4 rings (SSSR count).